The molecular weight excluding hydrogens is 791 g/mol. The van der Waals surface area contributed by atoms with E-state index in [1.807, 2.05) is 0 Å². The van der Waals surface area contributed by atoms with Crippen LogP contribution in [0.2, 0.25) is 0 Å². The van der Waals surface area contributed by atoms with Crippen molar-refractivity contribution in [3.05, 3.63) is 95.8 Å². The van der Waals surface area contributed by atoms with Crippen LogP contribution in [0.3, 0.4) is 0 Å². The number of ether oxygens (including phenoxy) is 1. The molecule has 18 nitrogen and oxygen atoms in total. The third-order valence-electron chi connectivity index (χ3n) is 11.3. The summed E-state index contributed by atoms with van der Waals surface area (Å²) >= 11 is 0. The maximum atomic E-state index is 14.8. The Morgan fingerprint density at radius 3 is 2.23 bits per heavy atom. The Bertz CT molecular complexity index is 2160. The minimum Gasteiger partial charge on any atom is -0.505 e. The zero-order valence-corrected chi connectivity index (χ0v) is 33.9. The Morgan fingerprint density at radius 2 is 1.56 bits per heavy atom. The summed E-state index contributed by atoms with van der Waals surface area (Å²) < 4.78 is 5.81. The Kier molecular flexibility index (Phi) is 13.8. The van der Waals surface area contributed by atoms with Gasteiger partial charge in [-0.15, -0.1) is 0 Å². The molecule has 61 heavy (non-hydrogen) atoms. The van der Waals surface area contributed by atoms with Crippen molar-refractivity contribution in [3.63, 3.8) is 0 Å². The van der Waals surface area contributed by atoms with Crippen molar-refractivity contribution in [1.82, 2.24) is 35.6 Å². The average Bonchev–Trinajstić information content (AvgIpc) is 3.76. The lowest BCUT2D eigenvalue weighted by Crippen LogP contribution is -2.63. The molecule has 2 aromatic carbocycles. The van der Waals surface area contributed by atoms with Crippen LogP contribution in [0.1, 0.15) is 67.2 Å². The molecule has 0 bridgehead atoms. The fourth-order valence-corrected chi connectivity index (χ4v) is 7.88. The minimum atomic E-state index is -1.71. The van der Waals surface area contributed by atoms with Gasteiger partial charge in [-0.1, -0.05) is 67.6 Å². The molecule has 0 spiro atoms. The summed E-state index contributed by atoms with van der Waals surface area (Å²) in [6.07, 6.45) is -1.88. The molecule has 8 atom stereocenters. The first-order valence-electron chi connectivity index (χ1n) is 20.1. The first kappa shape index (κ1) is 43.9. The van der Waals surface area contributed by atoms with Gasteiger partial charge in [0.05, 0.1) is 6.54 Å². The van der Waals surface area contributed by atoms with Crippen LogP contribution >= 0.6 is 0 Å². The van der Waals surface area contributed by atoms with Crippen molar-refractivity contribution in [3.8, 4) is 5.75 Å². The number of aliphatic hydroxyl groups is 1. The van der Waals surface area contributed by atoms with Crippen LogP contribution < -0.4 is 16.0 Å². The molecule has 1 aromatic heterocycles. The van der Waals surface area contributed by atoms with E-state index in [0.29, 0.717) is 12.0 Å². The molecule has 3 fully saturated rings. The summed E-state index contributed by atoms with van der Waals surface area (Å²) in [6, 6.07) is 10.8. The van der Waals surface area contributed by atoms with Gasteiger partial charge in [-0.05, 0) is 49.4 Å². The lowest BCUT2D eigenvalue weighted by molar-refractivity contribution is -0.159. The zero-order valence-electron chi connectivity index (χ0n) is 33.9. The van der Waals surface area contributed by atoms with Gasteiger partial charge < -0.3 is 45.6 Å². The lowest BCUT2D eigenvalue weighted by atomic mass is 9.94. The Balaban J connectivity index is 1.45. The van der Waals surface area contributed by atoms with E-state index in [-0.39, 0.29) is 31.4 Å². The molecule has 8 unspecified atom stereocenters. The quantitative estimate of drug-likeness (QED) is 0.209. The second kappa shape index (κ2) is 19.1. The number of rotatable bonds is 6. The number of benzene rings is 2. The topological polar surface area (TPSA) is 245 Å². The second-order valence-electron chi connectivity index (χ2n) is 15.3. The minimum absolute atomic E-state index is 0.0364. The predicted octanol–water partition coefficient (Wildman–Crippen LogP) is 0.175. The van der Waals surface area contributed by atoms with Gasteiger partial charge in [0.2, 0.25) is 29.5 Å². The summed E-state index contributed by atoms with van der Waals surface area (Å²) in [5, 5.41) is 28.9. The summed E-state index contributed by atoms with van der Waals surface area (Å²) in [6.45, 7) is 2.49. The van der Waals surface area contributed by atoms with E-state index in [1.165, 1.54) is 54.2 Å². The zero-order chi connectivity index (χ0) is 44.0. The van der Waals surface area contributed by atoms with Crippen molar-refractivity contribution in [2.45, 2.75) is 94.4 Å². The number of esters is 1. The SMILES string of the molecule is CCC1NC(=O)C(NC(=O)c2ncccc2O)C(C)OC(=O)C(c2ccccc2)NC(=O)C2CC(=O)C(O)CN2C(=O)C(Cc2ccccc2)N(C)C(=O)C2CCCN2C1=O. The van der Waals surface area contributed by atoms with Crippen LogP contribution in [0.4, 0.5) is 0 Å². The van der Waals surface area contributed by atoms with E-state index in [9.17, 15) is 48.6 Å². The number of nitrogens with zero attached hydrogens (tertiary/aromatic N) is 4. The maximum Gasteiger partial charge on any atom is 0.333 e. The molecule has 0 aliphatic carbocycles. The Labute approximate surface area is 351 Å². The number of aromatic nitrogens is 1. The van der Waals surface area contributed by atoms with Gasteiger partial charge in [-0.2, -0.15) is 0 Å². The number of cyclic esters (lactones) is 1. The molecule has 5 N–H and O–H groups in total. The number of pyridine rings is 1. The van der Waals surface area contributed by atoms with Gasteiger partial charge in [0.1, 0.15) is 48.2 Å². The van der Waals surface area contributed by atoms with Crippen LogP contribution in [-0.2, 0) is 44.7 Å². The number of piperidine rings is 1. The molecule has 0 radical (unpaired) electrons. The molecule has 322 valence electrons. The molecule has 3 aromatic rings. The molecule has 3 aliphatic heterocycles. The number of carbonyl (C=O) groups excluding carboxylic acids is 8. The van der Waals surface area contributed by atoms with Crippen molar-refractivity contribution < 1.29 is 53.3 Å². The molecule has 18 heteroatoms. The number of carbonyl (C=O) groups is 8. The molecule has 6 amide bonds. The lowest BCUT2D eigenvalue weighted by Gasteiger charge is -2.41. The Hall–Kier alpha value is -6.69. The summed E-state index contributed by atoms with van der Waals surface area (Å²) in [7, 11) is 1.41. The second-order valence-corrected chi connectivity index (χ2v) is 15.3. The van der Waals surface area contributed by atoms with Crippen LogP contribution in [0.5, 0.6) is 5.75 Å². The number of Topliss-reactive ketones (excluding diaryl/α,β-unsaturated/α-hetero) is 1. The van der Waals surface area contributed by atoms with Crippen molar-refractivity contribution in [2.24, 2.45) is 0 Å². The van der Waals surface area contributed by atoms with Crippen molar-refractivity contribution >= 4 is 47.2 Å². The van der Waals surface area contributed by atoms with Gasteiger partial charge in [0.15, 0.2) is 17.5 Å². The van der Waals surface area contributed by atoms with Crippen LogP contribution in [-0.4, -0.2) is 140 Å². The van der Waals surface area contributed by atoms with E-state index >= 15 is 0 Å². The average molecular weight is 840 g/mol. The van der Waals surface area contributed by atoms with Gasteiger partial charge in [-0.3, -0.25) is 33.6 Å². The number of hydrogen-bond acceptors (Lipinski definition) is 12. The van der Waals surface area contributed by atoms with E-state index < -0.39 is 120 Å². The first-order valence-corrected chi connectivity index (χ1v) is 20.1. The monoisotopic (exact) mass is 839 g/mol. The third kappa shape index (κ3) is 9.70. The molecule has 3 aliphatic rings. The van der Waals surface area contributed by atoms with Crippen LogP contribution in [0.25, 0.3) is 0 Å². The fraction of sp³-hybridized carbons (Fsp3) is 0.419. The van der Waals surface area contributed by atoms with Gasteiger partial charge in [0.25, 0.3) is 5.91 Å². The first-order chi connectivity index (χ1) is 29.2. The standard InChI is InChI=1S/C43H49N7O11/c1-4-27-40(57)49-20-12-17-28(49)41(58)48(3)30(21-25-13-7-5-8-14-25)42(59)50-23-33(53)32(52)22-29(50)37(54)47-35(26-15-9-6-10-16-26)43(60)61-24(2)34(38(55)45-27)46-39(56)36-31(51)18-11-19-44-36/h5-11,13-16,18-19,24,27-30,33-35,51,53H,4,12,17,20-23H2,1-3H3,(H,45,55)(H,46,56)(H,47,54). The van der Waals surface area contributed by atoms with Crippen LogP contribution in [0, 0.1) is 0 Å². The maximum absolute atomic E-state index is 14.8. The van der Waals surface area contributed by atoms with Gasteiger partial charge >= 0.3 is 5.97 Å². The highest BCUT2D eigenvalue weighted by atomic mass is 16.5. The van der Waals surface area contributed by atoms with E-state index in [2.05, 4.69) is 20.9 Å². The molecule has 6 rings (SSSR count). The Morgan fingerprint density at radius 1 is 0.869 bits per heavy atom. The molecule has 0 saturated carbocycles. The number of nitrogens with one attached hydrogen (secondary N) is 3. The predicted molar refractivity (Wildman–Crippen MR) is 215 cm³/mol. The van der Waals surface area contributed by atoms with Gasteiger partial charge in [-0.25, -0.2) is 9.78 Å². The smallest absolute Gasteiger partial charge is 0.333 e. The highest BCUT2D eigenvalue weighted by molar-refractivity contribution is 6.01. The number of amides is 6. The van der Waals surface area contributed by atoms with E-state index in [4.69, 9.17) is 4.74 Å². The number of likely N-dealkylation sites (N-methyl/N-ethyl adjacent to an activating group) is 1. The van der Waals surface area contributed by atoms with Crippen molar-refractivity contribution in [1.29, 1.82) is 0 Å². The number of fused-ring (bicyclic) bond motifs is 2. The van der Waals surface area contributed by atoms with E-state index in [1.54, 1.807) is 55.5 Å². The normalized spacial score (nSPS) is 27.1. The molecule has 3 saturated heterocycles. The highest BCUT2D eigenvalue weighted by Gasteiger charge is 2.47. The third-order valence-corrected chi connectivity index (χ3v) is 11.3. The highest BCUT2D eigenvalue weighted by Crippen LogP contribution is 2.26. The number of aliphatic hydroxyl groups excluding tert-OH is 1. The summed E-state index contributed by atoms with van der Waals surface area (Å²) in [5.74, 6) is -7.22. The van der Waals surface area contributed by atoms with E-state index in [0.717, 1.165) is 4.90 Å². The molecular formula is C43H49N7O11. The largest absolute Gasteiger partial charge is 0.505 e. The van der Waals surface area contributed by atoms with Crippen molar-refractivity contribution in [2.75, 3.05) is 20.1 Å². The number of hydrogen-bond donors (Lipinski definition) is 5. The van der Waals surface area contributed by atoms with Gasteiger partial charge in [0, 0.05) is 32.6 Å². The fourth-order valence-electron chi connectivity index (χ4n) is 7.88. The summed E-state index contributed by atoms with van der Waals surface area (Å²) in [5.41, 5.74) is 0.427. The molecule has 4 heterocycles. The number of ketones is 1. The van der Waals surface area contributed by atoms with Crippen LogP contribution in [0.15, 0.2) is 79.0 Å². The summed E-state index contributed by atoms with van der Waals surface area (Å²) in [4.78, 5) is 120. The number of aromatic hydroxyl groups is 1.